The maximum Gasteiger partial charge on any atom is 0.263 e. The number of para-hydroxylation sites is 1. The van der Waals surface area contributed by atoms with E-state index >= 15 is 0 Å². The van der Waals surface area contributed by atoms with Gasteiger partial charge in [0.2, 0.25) is 5.91 Å². The molecule has 5 heteroatoms. The molecule has 172 valence electrons. The molecule has 0 aromatic heterocycles. The molecule has 32 heavy (non-hydrogen) atoms. The highest BCUT2D eigenvalue weighted by atomic mass is 16.5. The number of nitrogens with zero attached hydrogens (tertiary/aromatic N) is 1. The van der Waals surface area contributed by atoms with E-state index in [-0.39, 0.29) is 17.9 Å². The third-order valence-electron chi connectivity index (χ3n) is 6.13. The lowest BCUT2D eigenvalue weighted by atomic mass is 10.0. The third-order valence-corrected chi connectivity index (χ3v) is 6.13. The van der Waals surface area contributed by atoms with E-state index in [1.165, 1.54) is 11.1 Å². The molecule has 1 fully saturated rings. The molecule has 1 atom stereocenters. The molecule has 0 radical (unpaired) electrons. The van der Waals surface area contributed by atoms with Crippen LogP contribution in [0.15, 0.2) is 48.5 Å². The van der Waals surface area contributed by atoms with E-state index in [4.69, 9.17) is 4.74 Å². The van der Waals surface area contributed by atoms with Crippen LogP contribution in [0, 0.1) is 6.92 Å². The van der Waals surface area contributed by atoms with Crippen LogP contribution < -0.4 is 10.1 Å². The number of likely N-dealkylation sites (tertiary alicyclic amines) is 1. The molecule has 1 aliphatic heterocycles. The van der Waals surface area contributed by atoms with Crippen molar-refractivity contribution in [3.8, 4) is 5.75 Å². The van der Waals surface area contributed by atoms with Crippen LogP contribution in [0.3, 0.4) is 0 Å². The second kappa shape index (κ2) is 11.2. The van der Waals surface area contributed by atoms with Gasteiger partial charge in [-0.25, -0.2) is 0 Å². The number of benzene rings is 2. The van der Waals surface area contributed by atoms with E-state index in [0.717, 1.165) is 30.6 Å². The van der Waals surface area contributed by atoms with Gasteiger partial charge in [0.15, 0.2) is 6.10 Å². The fourth-order valence-corrected chi connectivity index (χ4v) is 4.12. The van der Waals surface area contributed by atoms with Gasteiger partial charge >= 0.3 is 0 Å². The van der Waals surface area contributed by atoms with Crippen LogP contribution >= 0.6 is 0 Å². The molecule has 0 spiro atoms. The predicted molar refractivity (Wildman–Crippen MR) is 128 cm³/mol. The van der Waals surface area contributed by atoms with Crippen molar-refractivity contribution in [1.82, 2.24) is 10.2 Å². The molecular weight excluding hydrogens is 400 g/mol. The summed E-state index contributed by atoms with van der Waals surface area (Å²) >= 11 is 0. The Labute approximate surface area is 192 Å². The van der Waals surface area contributed by atoms with E-state index in [2.05, 4.69) is 50.4 Å². The van der Waals surface area contributed by atoms with Crippen molar-refractivity contribution in [3.05, 3.63) is 65.2 Å². The van der Waals surface area contributed by atoms with Crippen molar-refractivity contribution < 1.29 is 14.3 Å². The van der Waals surface area contributed by atoms with Crippen LogP contribution in [0.2, 0.25) is 0 Å². The monoisotopic (exact) mass is 436 g/mol. The van der Waals surface area contributed by atoms with E-state index < -0.39 is 6.10 Å². The lowest BCUT2D eigenvalue weighted by Crippen LogP contribution is -2.49. The van der Waals surface area contributed by atoms with Gasteiger partial charge < -0.3 is 15.0 Å². The number of carbonyl (C=O) groups excluding carboxylic acids is 2. The van der Waals surface area contributed by atoms with Crippen molar-refractivity contribution >= 4 is 11.8 Å². The second-order valence-corrected chi connectivity index (χ2v) is 9.11. The molecule has 5 nitrogen and oxygen atoms in total. The van der Waals surface area contributed by atoms with Crippen molar-refractivity contribution in [2.24, 2.45) is 0 Å². The zero-order valence-corrected chi connectivity index (χ0v) is 19.8. The van der Waals surface area contributed by atoms with Crippen LogP contribution in [-0.2, 0) is 16.0 Å². The number of carbonyl (C=O) groups is 2. The van der Waals surface area contributed by atoms with E-state index in [0.29, 0.717) is 25.4 Å². The Bertz CT molecular complexity index is 899. The molecule has 1 N–H and O–H groups in total. The number of aryl methyl sites for hydroxylation is 2. The fraction of sp³-hybridized carbons (Fsp3) is 0.481. The summed E-state index contributed by atoms with van der Waals surface area (Å²) in [6.45, 7) is 9.40. The number of ether oxygens (including phenoxy) is 1. The summed E-state index contributed by atoms with van der Waals surface area (Å²) in [6.07, 6.45) is 2.25. The van der Waals surface area contributed by atoms with Crippen molar-refractivity contribution in [2.75, 3.05) is 13.1 Å². The Kier molecular flexibility index (Phi) is 8.32. The molecule has 0 aliphatic carbocycles. The number of amides is 2. The number of rotatable bonds is 8. The van der Waals surface area contributed by atoms with Crippen molar-refractivity contribution in [3.63, 3.8) is 0 Å². The summed E-state index contributed by atoms with van der Waals surface area (Å²) in [5, 5.41) is 3.14. The quantitative estimate of drug-likeness (QED) is 0.657. The third kappa shape index (κ3) is 6.59. The summed E-state index contributed by atoms with van der Waals surface area (Å²) in [4.78, 5) is 27.1. The summed E-state index contributed by atoms with van der Waals surface area (Å²) in [6, 6.07) is 16.3. The number of nitrogens with one attached hydrogen (secondary N) is 1. The summed E-state index contributed by atoms with van der Waals surface area (Å²) in [5.74, 6) is 1.20. The molecule has 2 amide bonds. The first-order valence-corrected chi connectivity index (χ1v) is 11.7. The zero-order valence-electron chi connectivity index (χ0n) is 19.8. The molecular formula is C27H36N2O3. The molecule has 1 heterocycles. The molecule has 3 rings (SSSR count). The van der Waals surface area contributed by atoms with Gasteiger partial charge in [-0.15, -0.1) is 0 Å². The lowest BCUT2D eigenvalue weighted by Gasteiger charge is -2.34. The smallest absolute Gasteiger partial charge is 0.263 e. The van der Waals surface area contributed by atoms with Gasteiger partial charge in [0.25, 0.3) is 5.91 Å². The van der Waals surface area contributed by atoms with Crippen LogP contribution in [0.25, 0.3) is 0 Å². The highest BCUT2D eigenvalue weighted by molar-refractivity contribution is 5.81. The highest BCUT2D eigenvalue weighted by Crippen LogP contribution is 2.27. The average molecular weight is 437 g/mol. The Balaban J connectivity index is 1.43. The van der Waals surface area contributed by atoms with Crippen molar-refractivity contribution in [1.29, 1.82) is 0 Å². The number of hydrogen-bond donors (Lipinski definition) is 1. The summed E-state index contributed by atoms with van der Waals surface area (Å²) in [7, 11) is 0. The standard InChI is InChI=1S/C27H36N2O3/c1-19(2)24-7-5-6-8-25(24)32-21(4)27(31)29-17-15-23(16-18-29)28-26(30)14-13-22-11-9-20(3)10-12-22/h5-12,19,21,23H,13-18H2,1-4H3,(H,28,30). The molecule has 0 bridgehead atoms. The van der Waals surface area contributed by atoms with Crippen LogP contribution in [0.4, 0.5) is 0 Å². The molecule has 2 aromatic rings. The number of hydrogen-bond acceptors (Lipinski definition) is 3. The number of piperidine rings is 1. The largest absolute Gasteiger partial charge is 0.481 e. The first kappa shape index (κ1) is 23.8. The molecule has 0 saturated carbocycles. The van der Waals surface area contributed by atoms with Crippen molar-refractivity contribution in [2.45, 2.75) is 71.4 Å². The SMILES string of the molecule is Cc1ccc(CCC(=O)NC2CCN(C(=O)C(C)Oc3ccccc3C(C)C)CC2)cc1. The highest BCUT2D eigenvalue weighted by Gasteiger charge is 2.28. The average Bonchev–Trinajstić information content (AvgIpc) is 2.79. The minimum Gasteiger partial charge on any atom is -0.481 e. The van der Waals surface area contributed by atoms with Crippen LogP contribution in [0.5, 0.6) is 5.75 Å². The van der Waals surface area contributed by atoms with Gasteiger partial charge in [0.1, 0.15) is 5.75 Å². The predicted octanol–water partition coefficient (Wildman–Crippen LogP) is 4.63. The van der Waals surface area contributed by atoms with Crippen LogP contribution in [-0.4, -0.2) is 41.9 Å². The minimum absolute atomic E-state index is 0.00714. The Morgan fingerprint density at radius 3 is 2.34 bits per heavy atom. The van der Waals surface area contributed by atoms with E-state index in [1.807, 2.05) is 36.1 Å². The molecule has 1 unspecified atom stereocenters. The summed E-state index contributed by atoms with van der Waals surface area (Å²) in [5.41, 5.74) is 3.52. The Hall–Kier alpha value is -2.82. The van der Waals surface area contributed by atoms with Gasteiger partial charge in [0.05, 0.1) is 0 Å². The summed E-state index contributed by atoms with van der Waals surface area (Å²) < 4.78 is 6.03. The lowest BCUT2D eigenvalue weighted by molar-refractivity contribution is -0.139. The second-order valence-electron chi connectivity index (χ2n) is 9.11. The normalized spacial score (nSPS) is 15.5. The first-order valence-electron chi connectivity index (χ1n) is 11.7. The Morgan fingerprint density at radius 1 is 1.03 bits per heavy atom. The van der Waals surface area contributed by atoms with E-state index in [9.17, 15) is 9.59 Å². The van der Waals surface area contributed by atoms with Gasteiger partial charge in [0, 0.05) is 25.6 Å². The maximum absolute atomic E-state index is 12.9. The van der Waals surface area contributed by atoms with Gasteiger partial charge in [-0.05, 0) is 56.2 Å². The fourth-order valence-electron chi connectivity index (χ4n) is 4.12. The Morgan fingerprint density at radius 2 is 1.69 bits per heavy atom. The topological polar surface area (TPSA) is 58.6 Å². The molecule has 1 saturated heterocycles. The van der Waals surface area contributed by atoms with Gasteiger partial charge in [-0.2, -0.15) is 0 Å². The molecule has 2 aromatic carbocycles. The zero-order chi connectivity index (χ0) is 23.1. The van der Waals surface area contributed by atoms with Gasteiger partial charge in [-0.3, -0.25) is 9.59 Å². The minimum atomic E-state index is -0.532. The maximum atomic E-state index is 12.9. The first-order chi connectivity index (χ1) is 15.3. The van der Waals surface area contributed by atoms with Crippen LogP contribution in [0.1, 0.15) is 62.6 Å². The van der Waals surface area contributed by atoms with Gasteiger partial charge in [-0.1, -0.05) is 61.9 Å². The molecule has 1 aliphatic rings. The van der Waals surface area contributed by atoms with E-state index in [1.54, 1.807) is 0 Å².